The molecule has 3 N–H and O–H groups in total. The van der Waals surface area contributed by atoms with Gasteiger partial charge in [0, 0.05) is 12.5 Å². The fraction of sp³-hybridized carbons (Fsp3) is 0.750. The van der Waals surface area contributed by atoms with Gasteiger partial charge in [0.2, 0.25) is 11.1 Å². The third-order valence-electron chi connectivity index (χ3n) is 3.01. The molecule has 1 amide bonds. The van der Waals surface area contributed by atoms with Crippen LogP contribution in [0.15, 0.2) is 5.16 Å². The van der Waals surface area contributed by atoms with Crippen molar-refractivity contribution >= 4 is 17.7 Å². The monoisotopic (exact) mass is 283 g/mol. The second-order valence-corrected chi connectivity index (χ2v) is 6.25. The van der Waals surface area contributed by atoms with Crippen LogP contribution in [0.3, 0.4) is 0 Å². The molecule has 6 nitrogen and oxygen atoms in total. The molecule has 0 aromatic carbocycles. The highest BCUT2D eigenvalue weighted by atomic mass is 32.2. The second kappa shape index (κ2) is 6.27. The molecule has 0 spiro atoms. The molecule has 1 aromatic rings. The van der Waals surface area contributed by atoms with Crippen molar-refractivity contribution in [3.8, 4) is 0 Å². The Kier molecular flexibility index (Phi) is 4.68. The maximum Gasteiger partial charge on any atom is 0.230 e. The van der Waals surface area contributed by atoms with Gasteiger partial charge in [-0.2, -0.15) is 0 Å². The molecule has 1 saturated carbocycles. The van der Waals surface area contributed by atoms with E-state index in [4.69, 9.17) is 5.84 Å². The number of carbonyl (C=O) groups excluding carboxylic acids is 1. The van der Waals surface area contributed by atoms with Crippen LogP contribution >= 0.6 is 11.8 Å². The van der Waals surface area contributed by atoms with Gasteiger partial charge < -0.3 is 11.2 Å². The predicted molar refractivity (Wildman–Crippen MR) is 75.3 cm³/mol. The molecule has 1 aliphatic rings. The first kappa shape index (κ1) is 14.2. The largest absolute Gasteiger partial charge is 0.355 e. The summed E-state index contributed by atoms with van der Waals surface area (Å²) in [6.45, 7) is 4.99. The zero-order chi connectivity index (χ0) is 13.8. The molecular formula is C12H21N5OS. The topological polar surface area (TPSA) is 85.8 Å². The molecule has 19 heavy (non-hydrogen) atoms. The maximum absolute atomic E-state index is 11.6. The zero-order valence-corrected chi connectivity index (χ0v) is 12.2. The molecule has 0 bridgehead atoms. The molecule has 7 heteroatoms. The Labute approximate surface area is 117 Å². The summed E-state index contributed by atoms with van der Waals surface area (Å²) in [5.41, 5.74) is 0. The summed E-state index contributed by atoms with van der Waals surface area (Å²) in [5, 5.41) is 11.6. The predicted octanol–water partition coefficient (Wildman–Crippen LogP) is 1.12. The summed E-state index contributed by atoms with van der Waals surface area (Å²) in [7, 11) is 0. The second-order valence-electron chi connectivity index (χ2n) is 5.31. The Morgan fingerprint density at radius 2 is 2.26 bits per heavy atom. The van der Waals surface area contributed by atoms with Gasteiger partial charge in [0.25, 0.3) is 0 Å². The van der Waals surface area contributed by atoms with Crippen molar-refractivity contribution in [2.24, 2.45) is 5.92 Å². The molecule has 1 aromatic heterocycles. The minimum Gasteiger partial charge on any atom is -0.355 e. The van der Waals surface area contributed by atoms with Gasteiger partial charge in [0.15, 0.2) is 5.82 Å². The molecule has 0 aliphatic heterocycles. The van der Waals surface area contributed by atoms with Gasteiger partial charge in [-0.1, -0.05) is 25.6 Å². The quantitative estimate of drug-likeness (QED) is 0.578. The fourth-order valence-corrected chi connectivity index (χ4v) is 2.38. The molecule has 106 valence electrons. The number of carbonyl (C=O) groups is 1. The normalized spacial score (nSPS) is 14.9. The molecule has 0 atom stereocenters. The van der Waals surface area contributed by atoms with E-state index in [1.165, 1.54) is 16.4 Å². The van der Waals surface area contributed by atoms with E-state index in [0.29, 0.717) is 22.7 Å². The number of aromatic nitrogens is 3. The number of nitrogens with two attached hydrogens (primary N) is 1. The van der Waals surface area contributed by atoms with Crippen LogP contribution in [-0.4, -0.2) is 33.1 Å². The van der Waals surface area contributed by atoms with Gasteiger partial charge in [-0.15, -0.1) is 10.2 Å². The third-order valence-corrected chi connectivity index (χ3v) is 3.95. The van der Waals surface area contributed by atoms with E-state index in [9.17, 15) is 4.79 Å². The van der Waals surface area contributed by atoms with Gasteiger partial charge in [0.1, 0.15) is 0 Å². The van der Waals surface area contributed by atoms with E-state index >= 15 is 0 Å². The molecule has 1 aliphatic carbocycles. The average Bonchev–Trinajstić information content (AvgIpc) is 3.11. The molecule has 2 rings (SSSR count). The number of hydrogen-bond donors (Lipinski definition) is 2. The molecule has 1 heterocycles. The van der Waals surface area contributed by atoms with Crippen molar-refractivity contribution in [3.05, 3.63) is 5.82 Å². The third kappa shape index (κ3) is 4.12. The van der Waals surface area contributed by atoms with Crippen LogP contribution < -0.4 is 11.2 Å². The van der Waals surface area contributed by atoms with Crippen LogP contribution in [0.5, 0.6) is 0 Å². The molecule has 0 unspecified atom stereocenters. The maximum atomic E-state index is 11.6. The standard InChI is InChI=1S/C12H21N5OS/c1-8(2)5-6-14-10(18)7-19-12-16-15-11(17(12)13)9-3-4-9/h8-9H,3-7,13H2,1-2H3,(H,14,18). The molecular weight excluding hydrogens is 262 g/mol. The van der Waals surface area contributed by atoms with Crippen molar-refractivity contribution < 1.29 is 4.79 Å². The Bertz CT molecular complexity index is 441. The smallest absolute Gasteiger partial charge is 0.230 e. The first-order chi connectivity index (χ1) is 9.08. The summed E-state index contributed by atoms with van der Waals surface area (Å²) in [5.74, 6) is 8.16. The van der Waals surface area contributed by atoms with E-state index in [-0.39, 0.29) is 5.91 Å². The summed E-state index contributed by atoms with van der Waals surface area (Å²) < 4.78 is 1.52. The summed E-state index contributed by atoms with van der Waals surface area (Å²) in [6.07, 6.45) is 3.26. The van der Waals surface area contributed by atoms with Crippen LogP contribution in [-0.2, 0) is 4.79 Å². The molecule has 0 radical (unpaired) electrons. The highest BCUT2D eigenvalue weighted by Crippen LogP contribution is 2.39. The minimum atomic E-state index is 0.0154. The van der Waals surface area contributed by atoms with Crippen molar-refractivity contribution in [2.45, 2.75) is 44.2 Å². The SMILES string of the molecule is CC(C)CCNC(=O)CSc1nnc(C2CC2)n1N. The van der Waals surface area contributed by atoms with Crippen LogP contribution in [0.25, 0.3) is 0 Å². The highest BCUT2D eigenvalue weighted by Gasteiger charge is 2.29. The number of nitrogens with one attached hydrogen (secondary N) is 1. The van der Waals surface area contributed by atoms with Crippen LogP contribution in [0, 0.1) is 5.92 Å². The first-order valence-electron chi connectivity index (χ1n) is 6.67. The van der Waals surface area contributed by atoms with Crippen LogP contribution in [0.2, 0.25) is 0 Å². The lowest BCUT2D eigenvalue weighted by atomic mass is 10.1. The Morgan fingerprint density at radius 1 is 1.53 bits per heavy atom. The number of rotatable bonds is 7. The van der Waals surface area contributed by atoms with E-state index < -0.39 is 0 Å². The highest BCUT2D eigenvalue weighted by molar-refractivity contribution is 7.99. The average molecular weight is 283 g/mol. The van der Waals surface area contributed by atoms with Gasteiger partial charge in [0.05, 0.1) is 5.75 Å². The molecule has 0 saturated heterocycles. The molecule has 1 fully saturated rings. The Balaban J connectivity index is 1.74. The minimum absolute atomic E-state index is 0.0154. The lowest BCUT2D eigenvalue weighted by Gasteiger charge is -2.06. The summed E-state index contributed by atoms with van der Waals surface area (Å²) in [6, 6.07) is 0. The van der Waals surface area contributed by atoms with Crippen LogP contribution in [0.4, 0.5) is 0 Å². The van der Waals surface area contributed by atoms with Crippen molar-refractivity contribution in [2.75, 3.05) is 18.1 Å². The lowest BCUT2D eigenvalue weighted by molar-refractivity contribution is -0.118. The summed E-state index contributed by atoms with van der Waals surface area (Å²) in [4.78, 5) is 11.6. The van der Waals surface area contributed by atoms with Crippen LogP contribution in [0.1, 0.15) is 44.9 Å². The fourth-order valence-electron chi connectivity index (χ4n) is 1.69. The van der Waals surface area contributed by atoms with E-state index in [1.54, 1.807) is 0 Å². The number of hydrogen-bond acceptors (Lipinski definition) is 5. The lowest BCUT2D eigenvalue weighted by Crippen LogP contribution is -2.27. The van der Waals surface area contributed by atoms with Crippen molar-refractivity contribution in [1.29, 1.82) is 0 Å². The van der Waals surface area contributed by atoms with E-state index in [2.05, 4.69) is 29.4 Å². The van der Waals surface area contributed by atoms with Crippen molar-refractivity contribution in [1.82, 2.24) is 20.2 Å². The van der Waals surface area contributed by atoms with Crippen molar-refractivity contribution in [3.63, 3.8) is 0 Å². The van der Waals surface area contributed by atoms with E-state index in [1.807, 2.05) is 0 Å². The van der Waals surface area contributed by atoms with Gasteiger partial charge >= 0.3 is 0 Å². The zero-order valence-electron chi connectivity index (χ0n) is 11.4. The number of nitrogen functional groups attached to an aromatic ring is 1. The van der Waals surface area contributed by atoms with Gasteiger partial charge in [-0.05, 0) is 25.2 Å². The Hall–Kier alpha value is -1.24. The number of nitrogens with zero attached hydrogens (tertiary/aromatic N) is 3. The summed E-state index contributed by atoms with van der Waals surface area (Å²) >= 11 is 1.33. The van der Waals surface area contributed by atoms with Gasteiger partial charge in [-0.3, -0.25) is 4.79 Å². The number of amides is 1. The van der Waals surface area contributed by atoms with E-state index in [0.717, 1.165) is 31.6 Å². The Morgan fingerprint density at radius 3 is 2.89 bits per heavy atom. The first-order valence-corrected chi connectivity index (χ1v) is 7.66. The number of thioether (sulfide) groups is 1. The van der Waals surface area contributed by atoms with Gasteiger partial charge in [-0.25, -0.2) is 4.68 Å².